The van der Waals surface area contributed by atoms with Crippen LogP contribution in [0.1, 0.15) is 35.3 Å². The lowest BCUT2D eigenvalue weighted by molar-refractivity contribution is -0.121. The molecule has 27 heavy (non-hydrogen) atoms. The summed E-state index contributed by atoms with van der Waals surface area (Å²) < 4.78 is 0. The average molecular weight is 362 g/mol. The van der Waals surface area contributed by atoms with E-state index in [4.69, 9.17) is 0 Å². The third-order valence-electron chi connectivity index (χ3n) is 4.42. The molecule has 1 amide bonds. The van der Waals surface area contributed by atoms with Gasteiger partial charge >= 0.3 is 0 Å². The molecule has 0 spiro atoms. The minimum atomic E-state index is -0.318. The highest BCUT2D eigenvalue weighted by Gasteiger charge is 2.16. The van der Waals surface area contributed by atoms with Gasteiger partial charge in [0, 0.05) is 17.5 Å². The maximum Gasteiger partial charge on any atom is 0.255 e. The van der Waals surface area contributed by atoms with Gasteiger partial charge in [0.25, 0.3) is 5.56 Å². The van der Waals surface area contributed by atoms with Crippen molar-refractivity contribution in [2.45, 2.75) is 33.2 Å². The zero-order chi connectivity index (χ0) is 19.4. The molecule has 138 valence electrons. The first-order valence-corrected chi connectivity index (χ1v) is 8.81. The molecule has 3 aromatic rings. The standard InChI is InChI=1S/C21H22N4O2/c1-13-7-9-16(10-8-13)14(2)23-19(26)12-17-15(3)24-20(25-21(17)27)18-6-4-5-11-22-18/h4-11,14H,12H2,1-3H3,(H,23,26)(H,24,25,27)/t14-/m1/s1. The number of aromatic amines is 1. The Labute approximate surface area is 157 Å². The zero-order valence-corrected chi connectivity index (χ0v) is 15.6. The van der Waals surface area contributed by atoms with Crippen molar-refractivity contribution in [3.63, 3.8) is 0 Å². The number of nitrogens with one attached hydrogen (secondary N) is 2. The van der Waals surface area contributed by atoms with Gasteiger partial charge < -0.3 is 10.3 Å². The predicted molar refractivity (Wildman–Crippen MR) is 104 cm³/mol. The second kappa shape index (κ2) is 7.95. The highest BCUT2D eigenvalue weighted by molar-refractivity contribution is 5.79. The highest BCUT2D eigenvalue weighted by Crippen LogP contribution is 2.14. The number of aryl methyl sites for hydroxylation is 2. The topological polar surface area (TPSA) is 87.7 Å². The van der Waals surface area contributed by atoms with Crippen molar-refractivity contribution in [1.29, 1.82) is 0 Å². The van der Waals surface area contributed by atoms with Gasteiger partial charge in [-0.15, -0.1) is 0 Å². The van der Waals surface area contributed by atoms with E-state index >= 15 is 0 Å². The summed E-state index contributed by atoms with van der Waals surface area (Å²) in [6.45, 7) is 5.67. The Morgan fingerprint density at radius 1 is 1.15 bits per heavy atom. The van der Waals surface area contributed by atoms with Crippen LogP contribution >= 0.6 is 0 Å². The lowest BCUT2D eigenvalue weighted by atomic mass is 10.1. The molecule has 0 saturated carbocycles. The van der Waals surface area contributed by atoms with Gasteiger partial charge in [0.15, 0.2) is 5.82 Å². The molecule has 2 N–H and O–H groups in total. The van der Waals surface area contributed by atoms with E-state index < -0.39 is 0 Å². The van der Waals surface area contributed by atoms with Crippen molar-refractivity contribution in [2.24, 2.45) is 0 Å². The van der Waals surface area contributed by atoms with Crippen LogP contribution in [0.25, 0.3) is 11.5 Å². The van der Waals surface area contributed by atoms with Crippen LogP contribution in [-0.2, 0) is 11.2 Å². The SMILES string of the molecule is Cc1ccc([C@@H](C)NC(=O)Cc2c(C)nc(-c3ccccn3)[nH]c2=O)cc1. The summed E-state index contributed by atoms with van der Waals surface area (Å²) in [6, 6.07) is 13.2. The molecule has 0 aliphatic carbocycles. The normalized spacial score (nSPS) is 11.8. The molecular weight excluding hydrogens is 340 g/mol. The monoisotopic (exact) mass is 362 g/mol. The van der Waals surface area contributed by atoms with Gasteiger partial charge in [-0.3, -0.25) is 14.6 Å². The lowest BCUT2D eigenvalue weighted by Crippen LogP contribution is -2.31. The number of benzene rings is 1. The first kappa shape index (κ1) is 18.5. The lowest BCUT2D eigenvalue weighted by Gasteiger charge is -2.15. The molecule has 3 rings (SSSR count). The minimum Gasteiger partial charge on any atom is -0.349 e. The summed E-state index contributed by atoms with van der Waals surface area (Å²) in [5.41, 5.74) is 3.34. The Bertz CT molecular complexity index is 995. The van der Waals surface area contributed by atoms with E-state index in [0.29, 0.717) is 22.8 Å². The van der Waals surface area contributed by atoms with Crippen LogP contribution in [0.2, 0.25) is 0 Å². The second-order valence-electron chi connectivity index (χ2n) is 6.57. The predicted octanol–water partition coefficient (Wildman–Crippen LogP) is 2.87. The van der Waals surface area contributed by atoms with Crippen molar-refractivity contribution in [3.8, 4) is 11.5 Å². The van der Waals surface area contributed by atoms with Gasteiger partial charge in [-0.1, -0.05) is 35.9 Å². The number of pyridine rings is 1. The van der Waals surface area contributed by atoms with E-state index in [1.165, 1.54) is 5.56 Å². The third kappa shape index (κ3) is 4.47. The number of H-pyrrole nitrogens is 1. The number of aromatic nitrogens is 3. The number of rotatable bonds is 5. The Morgan fingerprint density at radius 3 is 2.52 bits per heavy atom. The Kier molecular flexibility index (Phi) is 5.45. The molecule has 2 heterocycles. The minimum absolute atomic E-state index is 0.0210. The van der Waals surface area contributed by atoms with Gasteiger partial charge in [-0.25, -0.2) is 4.98 Å². The van der Waals surface area contributed by atoms with Gasteiger partial charge in [0.2, 0.25) is 5.91 Å². The summed E-state index contributed by atoms with van der Waals surface area (Å²) in [6.07, 6.45) is 1.62. The van der Waals surface area contributed by atoms with Gasteiger partial charge in [0.05, 0.1) is 12.5 Å². The fourth-order valence-corrected chi connectivity index (χ4v) is 2.83. The van der Waals surface area contributed by atoms with Gasteiger partial charge in [-0.05, 0) is 38.5 Å². The molecule has 1 atom stereocenters. The van der Waals surface area contributed by atoms with Crippen LogP contribution in [0.4, 0.5) is 0 Å². The Morgan fingerprint density at radius 2 is 1.89 bits per heavy atom. The van der Waals surface area contributed by atoms with Gasteiger partial charge in [-0.2, -0.15) is 0 Å². The fraction of sp³-hybridized carbons (Fsp3) is 0.238. The smallest absolute Gasteiger partial charge is 0.255 e. The molecule has 2 aromatic heterocycles. The molecule has 0 saturated heterocycles. The van der Waals surface area contributed by atoms with Crippen LogP contribution < -0.4 is 10.9 Å². The Balaban J connectivity index is 1.74. The van der Waals surface area contributed by atoms with Crippen molar-refractivity contribution >= 4 is 5.91 Å². The number of hydrogen-bond donors (Lipinski definition) is 2. The van der Waals surface area contributed by atoms with E-state index in [9.17, 15) is 9.59 Å². The number of carbonyl (C=O) groups excluding carboxylic acids is 1. The van der Waals surface area contributed by atoms with E-state index in [2.05, 4.69) is 20.3 Å². The fourth-order valence-electron chi connectivity index (χ4n) is 2.83. The molecule has 1 aromatic carbocycles. The van der Waals surface area contributed by atoms with Crippen molar-refractivity contribution in [3.05, 3.63) is 81.4 Å². The summed E-state index contributed by atoms with van der Waals surface area (Å²) in [5, 5.41) is 2.93. The van der Waals surface area contributed by atoms with Gasteiger partial charge in [0.1, 0.15) is 5.69 Å². The summed E-state index contributed by atoms with van der Waals surface area (Å²) >= 11 is 0. The van der Waals surface area contributed by atoms with E-state index in [0.717, 1.165) is 5.56 Å². The molecule has 0 radical (unpaired) electrons. The van der Waals surface area contributed by atoms with E-state index in [-0.39, 0.29) is 23.9 Å². The number of nitrogens with zero attached hydrogens (tertiary/aromatic N) is 2. The van der Waals surface area contributed by atoms with Crippen LogP contribution in [0.3, 0.4) is 0 Å². The van der Waals surface area contributed by atoms with Crippen molar-refractivity contribution < 1.29 is 4.79 Å². The van der Waals surface area contributed by atoms with Crippen LogP contribution in [-0.4, -0.2) is 20.9 Å². The van der Waals surface area contributed by atoms with Crippen LogP contribution in [0.5, 0.6) is 0 Å². The number of hydrogen-bond acceptors (Lipinski definition) is 4. The summed E-state index contributed by atoms with van der Waals surface area (Å²) in [5.74, 6) is 0.180. The molecule has 0 aliphatic heterocycles. The second-order valence-corrected chi connectivity index (χ2v) is 6.57. The van der Waals surface area contributed by atoms with Crippen molar-refractivity contribution in [1.82, 2.24) is 20.3 Å². The quantitative estimate of drug-likeness (QED) is 0.730. The molecule has 0 fully saturated rings. The van der Waals surface area contributed by atoms with Crippen LogP contribution in [0.15, 0.2) is 53.5 Å². The highest BCUT2D eigenvalue weighted by atomic mass is 16.2. The average Bonchev–Trinajstić information content (AvgIpc) is 2.65. The largest absolute Gasteiger partial charge is 0.349 e. The molecular formula is C21H22N4O2. The number of carbonyl (C=O) groups is 1. The summed E-state index contributed by atoms with van der Waals surface area (Å²) in [7, 11) is 0. The first-order chi connectivity index (χ1) is 12.9. The maximum absolute atomic E-state index is 12.5. The molecule has 6 heteroatoms. The summed E-state index contributed by atoms with van der Waals surface area (Å²) in [4.78, 5) is 36.2. The maximum atomic E-state index is 12.5. The van der Waals surface area contributed by atoms with E-state index in [1.54, 1.807) is 25.3 Å². The molecule has 6 nitrogen and oxygen atoms in total. The van der Waals surface area contributed by atoms with E-state index in [1.807, 2.05) is 44.2 Å². The Hall–Kier alpha value is -3.28. The molecule has 0 bridgehead atoms. The zero-order valence-electron chi connectivity index (χ0n) is 15.6. The molecule has 0 unspecified atom stereocenters. The first-order valence-electron chi connectivity index (χ1n) is 8.81. The molecule has 0 aliphatic rings. The van der Waals surface area contributed by atoms with Crippen molar-refractivity contribution in [2.75, 3.05) is 0 Å². The third-order valence-corrected chi connectivity index (χ3v) is 4.42. The van der Waals surface area contributed by atoms with Crippen LogP contribution in [0, 0.1) is 13.8 Å². The number of amides is 1.